The van der Waals surface area contributed by atoms with Crippen LogP contribution in [-0.4, -0.2) is 33.2 Å². The summed E-state index contributed by atoms with van der Waals surface area (Å²) in [7, 11) is 0. The second-order valence-corrected chi connectivity index (χ2v) is 2.14. The van der Waals surface area contributed by atoms with E-state index in [1.807, 2.05) is 0 Å². The second-order valence-electron chi connectivity index (χ2n) is 2.14. The topological polar surface area (TPSA) is 105 Å². The van der Waals surface area contributed by atoms with E-state index in [4.69, 9.17) is 15.9 Å². The fourth-order valence-corrected chi connectivity index (χ4v) is 0.643. The summed E-state index contributed by atoms with van der Waals surface area (Å²) in [5, 5.41) is 24.1. The first-order chi connectivity index (χ1) is 5.24. The zero-order valence-corrected chi connectivity index (χ0v) is 5.77. The third-order valence-corrected chi connectivity index (χ3v) is 1.23. The van der Waals surface area contributed by atoms with Gasteiger partial charge in [0.25, 0.3) is 0 Å². The van der Waals surface area contributed by atoms with Crippen LogP contribution in [-0.2, 0) is 6.42 Å². The molecule has 0 spiro atoms. The predicted octanol–water partition coefficient (Wildman–Crippen LogP) is -1.45. The van der Waals surface area contributed by atoms with Gasteiger partial charge in [0.05, 0.1) is 12.7 Å². The summed E-state index contributed by atoms with van der Waals surface area (Å²) in [5.74, 6) is 0.150. The van der Waals surface area contributed by atoms with E-state index in [9.17, 15) is 0 Å². The summed E-state index contributed by atoms with van der Waals surface area (Å²) in [4.78, 5) is 0. The summed E-state index contributed by atoms with van der Waals surface area (Å²) >= 11 is 0. The molecule has 0 saturated heterocycles. The highest BCUT2D eigenvalue weighted by molar-refractivity contribution is 5.31. The summed E-state index contributed by atoms with van der Waals surface area (Å²) in [6, 6.07) is 0. The highest BCUT2D eigenvalue weighted by atomic mass is 16.6. The van der Waals surface area contributed by atoms with Gasteiger partial charge in [-0.15, -0.1) is 0 Å². The normalized spacial score (nSPS) is 13.3. The summed E-state index contributed by atoms with van der Waals surface area (Å²) in [6.07, 6.45) is -0.699. The Hall–Kier alpha value is -1.14. The molecule has 1 aromatic rings. The smallest absolute Gasteiger partial charge is 0.191 e. The molecule has 1 rings (SSSR count). The standard InChI is InChI=1S/C5H9N3O3/c6-5-4(7-11-8-5)1-3(10)2-9/h3,9-10H,1-2H2,(H2,6,8). The van der Waals surface area contributed by atoms with E-state index in [0.717, 1.165) is 0 Å². The minimum absolute atomic E-state index is 0.150. The first-order valence-corrected chi connectivity index (χ1v) is 3.10. The number of aromatic nitrogens is 2. The molecule has 62 valence electrons. The van der Waals surface area contributed by atoms with Crippen molar-refractivity contribution in [1.82, 2.24) is 10.3 Å². The van der Waals surface area contributed by atoms with E-state index in [0.29, 0.717) is 5.69 Å². The minimum Gasteiger partial charge on any atom is -0.394 e. The summed E-state index contributed by atoms with van der Waals surface area (Å²) < 4.78 is 4.27. The highest BCUT2D eigenvalue weighted by Gasteiger charge is 2.10. The SMILES string of the molecule is Nc1nonc1CC(O)CO. The average molecular weight is 159 g/mol. The van der Waals surface area contributed by atoms with Gasteiger partial charge < -0.3 is 15.9 Å². The zero-order valence-electron chi connectivity index (χ0n) is 5.77. The lowest BCUT2D eigenvalue weighted by atomic mass is 10.2. The van der Waals surface area contributed by atoms with E-state index in [-0.39, 0.29) is 18.8 Å². The molecule has 0 amide bonds. The van der Waals surface area contributed by atoms with Crippen LogP contribution in [0.4, 0.5) is 5.82 Å². The molecule has 0 fully saturated rings. The molecule has 0 aliphatic rings. The van der Waals surface area contributed by atoms with Crippen LogP contribution in [0.3, 0.4) is 0 Å². The van der Waals surface area contributed by atoms with Crippen molar-refractivity contribution in [1.29, 1.82) is 0 Å². The Bertz CT molecular complexity index is 225. The number of hydrogen-bond acceptors (Lipinski definition) is 6. The van der Waals surface area contributed by atoms with Gasteiger partial charge >= 0.3 is 0 Å². The van der Waals surface area contributed by atoms with Gasteiger partial charge in [0.1, 0.15) is 5.69 Å². The van der Waals surface area contributed by atoms with Gasteiger partial charge in [0.2, 0.25) is 0 Å². The summed E-state index contributed by atoms with van der Waals surface area (Å²) in [6.45, 7) is -0.327. The number of hydrogen-bond donors (Lipinski definition) is 3. The third kappa shape index (κ3) is 1.89. The van der Waals surface area contributed by atoms with Crippen molar-refractivity contribution in [3.8, 4) is 0 Å². The number of nitrogens with two attached hydrogens (primary N) is 1. The lowest BCUT2D eigenvalue weighted by molar-refractivity contribution is 0.0940. The largest absolute Gasteiger partial charge is 0.394 e. The molecule has 1 unspecified atom stereocenters. The Morgan fingerprint density at radius 1 is 1.55 bits per heavy atom. The molecule has 0 aliphatic carbocycles. The van der Waals surface area contributed by atoms with Crippen LogP contribution in [0.25, 0.3) is 0 Å². The van der Waals surface area contributed by atoms with Gasteiger partial charge in [-0.2, -0.15) is 0 Å². The van der Waals surface area contributed by atoms with E-state index >= 15 is 0 Å². The second kappa shape index (κ2) is 3.31. The zero-order chi connectivity index (χ0) is 8.27. The maximum absolute atomic E-state index is 8.94. The molecule has 1 aromatic heterocycles. The van der Waals surface area contributed by atoms with E-state index in [2.05, 4.69) is 14.9 Å². The fraction of sp³-hybridized carbons (Fsp3) is 0.600. The molecule has 0 radical (unpaired) electrons. The first kappa shape index (κ1) is 7.96. The van der Waals surface area contributed by atoms with Gasteiger partial charge in [0.15, 0.2) is 5.82 Å². The monoisotopic (exact) mass is 159 g/mol. The molecular formula is C5H9N3O3. The van der Waals surface area contributed by atoms with Crippen molar-refractivity contribution in [2.24, 2.45) is 0 Å². The third-order valence-electron chi connectivity index (χ3n) is 1.23. The van der Waals surface area contributed by atoms with Gasteiger partial charge in [-0.05, 0) is 5.16 Å². The lowest BCUT2D eigenvalue weighted by Gasteiger charge is -2.01. The van der Waals surface area contributed by atoms with Crippen molar-refractivity contribution >= 4 is 5.82 Å². The molecular weight excluding hydrogens is 150 g/mol. The minimum atomic E-state index is -0.857. The molecule has 6 nitrogen and oxygen atoms in total. The number of nitrogens with zero attached hydrogens (tertiary/aromatic N) is 2. The average Bonchev–Trinajstić information content (AvgIpc) is 2.37. The van der Waals surface area contributed by atoms with Crippen molar-refractivity contribution in [3.05, 3.63) is 5.69 Å². The molecule has 0 aliphatic heterocycles. The Morgan fingerprint density at radius 3 is 2.73 bits per heavy atom. The predicted molar refractivity (Wildman–Crippen MR) is 35.5 cm³/mol. The van der Waals surface area contributed by atoms with Gasteiger partial charge in [-0.1, -0.05) is 5.16 Å². The van der Waals surface area contributed by atoms with Crippen LogP contribution in [0.2, 0.25) is 0 Å². The number of aliphatic hydroxyl groups is 2. The van der Waals surface area contributed by atoms with Gasteiger partial charge in [-0.3, -0.25) is 0 Å². The Balaban J connectivity index is 2.56. The Kier molecular flexibility index (Phi) is 2.40. The molecule has 1 heterocycles. The van der Waals surface area contributed by atoms with Crippen LogP contribution in [0.5, 0.6) is 0 Å². The number of nitrogen functional groups attached to an aromatic ring is 1. The van der Waals surface area contributed by atoms with Crippen molar-refractivity contribution in [3.63, 3.8) is 0 Å². The van der Waals surface area contributed by atoms with Crippen LogP contribution in [0, 0.1) is 0 Å². The van der Waals surface area contributed by atoms with Crippen LogP contribution in [0.15, 0.2) is 4.63 Å². The van der Waals surface area contributed by atoms with Gasteiger partial charge in [-0.25, -0.2) is 4.63 Å². The van der Waals surface area contributed by atoms with Crippen molar-refractivity contribution in [2.75, 3.05) is 12.3 Å². The molecule has 4 N–H and O–H groups in total. The molecule has 11 heavy (non-hydrogen) atoms. The number of aliphatic hydroxyl groups excluding tert-OH is 2. The number of anilines is 1. The molecule has 1 atom stereocenters. The van der Waals surface area contributed by atoms with Crippen molar-refractivity contribution in [2.45, 2.75) is 12.5 Å². The van der Waals surface area contributed by atoms with E-state index < -0.39 is 6.10 Å². The molecule has 0 saturated carbocycles. The van der Waals surface area contributed by atoms with Crippen LogP contribution < -0.4 is 5.73 Å². The van der Waals surface area contributed by atoms with Crippen molar-refractivity contribution < 1.29 is 14.8 Å². The highest BCUT2D eigenvalue weighted by Crippen LogP contribution is 2.06. The molecule has 0 bridgehead atoms. The Labute approximate surface area is 62.6 Å². The molecule has 6 heteroatoms. The summed E-state index contributed by atoms with van der Waals surface area (Å²) in [5.41, 5.74) is 5.65. The maximum Gasteiger partial charge on any atom is 0.191 e. The van der Waals surface area contributed by atoms with Crippen LogP contribution in [0.1, 0.15) is 5.69 Å². The lowest BCUT2D eigenvalue weighted by Crippen LogP contribution is -2.16. The van der Waals surface area contributed by atoms with Crippen LogP contribution >= 0.6 is 0 Å². The maximum atomic E-state index is 8.94. The van der Waals surface area contributed by atoms with E-state index in [1.165, 1.54) is 0 Å². The number of rotatable bonds is 3. The quantitative estimate of drug-likeness (QED) is 0.498. The van der Waals surface area contributed by atoms with E-state index in [1.54, 1.807) is 0 Å². The Morgan fingerprint density at radius 2 is 2.27 bits per heavy atom. The first-order valence-electron chi connectivity index (χ1n) is 3.10. The fourth-order valence-electron chi connectivity index (χ4n) is 0.643. The van der Waals surface area contributed by atoms with Gasteiger partial charge in [0, 0.05) is 6.42 Å². The molecule has 0 aromatic carbocycles.